The number of hydrogen-bond donors (Lipinski definition) is 1. The molecule has 2 fully saturated rings. The molecule has 0 aromatic carbocycles. The van der Waals surface area contributed by atoms with Crippen LogP contribution in [-0.2, 0) is 0 Å². The summed E-state index contributed by atoms with van der Waals surface area (Å²) in [6, 6.07) is 0. The van der Waals surface area contributed by atoms with Crippen LogP contribution in [0.3, 0.4) is 0 Å². The van der Waals surface area contributed by atoms with Crippen molar-refractivity contribution < 1.29 is 5.11 Å². The normalized spacial score (nSPS) is 44.5. The van der Waals surface area contributed by atoms with Gasteiger partial charge in [0.25, 0.3) is 0 Å². The fourth-order valence-corrected chi connectivity index (χ4v) is 5.23. The Bertz CT molecular complexity index is 496. The second-order valence-electron chi connectivity index (χ2n) is 7.27. The molecular formula is C18H24O. The summed E-state index contributed by atoms with van der Waals surface area (Å²) in [6.07, 6.45) is 15.8. The minimum atomic E-state index is 0.210. The third kappa shape index (κ3) is 1.60. The SMILES string of the molecule is C[C@@]12C=CC=C1C1=C(O)CC3CCCC[C@@H]3[C@H]1CC2. The van der Waals surface area contributed by atoms with E-state index in [0.717, 1.165) is 24.0 Å². The van der Waals surface area contributed by atoms with Crippen LogP contribution in [0.15, 0.2) is 35.1 Å². The van der Waals surface area contributed by atoms with Gasteiger partial charge in [-0.1, -0.05) is 38.0 Å². The van der Waals surface area contributed by atoms with E-state index in [4.69, 9.17) is 0 Å². The smallest absolute Gasteiger partial charge is 0.0963 e. The zero-order valence-electron chi connectivity index (χ0n) is 11.9. The van der Waals surface area contributed by atoms with Gasteiger partial charge in [0.05, 0.1) is 5.76 Å². The Morgan fingerprint density at radius 2 is 2.05 bits per heavy atom. The molecule has 1 nitrogen and oxygen atoms in total. The van der Waals surface area contributed by atoms with E-state index in [1.54, 1.807) is 0 Å². The van der Waals surface area contributed by atoms with E-state index in [-0.39, 0.29) is 5.41 Å². The Morgan fingerprint density at radius 3 is 2.95 bits per heavy atom. The van der Waals surface area contributed by atoms with Crippen molar-refractivity contribution in [3.63, 3.8) is 0 Å². The van der Waals surface area contributed by atoms with E-state index in [0.29, 0.717) is 5.92 Å². The molecule has 0 aliphatic heterocycles. The van der Waals surface area contributed by atoms with Crippen LogP contribution in [0.5, 0.6) is 0 Å². The van der Waals surface area contributed by atoms with Crippen molar-refractivity contribution >= 4 is 0 Å². The molecule has 0 spiro atoms. The summed E-state index contributed by atoms with van der Waals surface area (Å²) in [5, 5.41) is 10.6. The Labute approximate surface area is 116 Å². The largest absolute Gasteiger partial charge is 0.512 e. The Balaban J connectivity index is 1.77. The highest BCUT2D eigenvalue weighted by atomic mass is 16.3. The minimum Gasteiger partial charge on any atom is -0.512 e. The van der Waals surface area contributed by atoms with Crippen LogP contribution >= 0.6 is 0 Å². The fourth-order valence-electron chi connectivity index (χ4n) is 5.23. The van der Waals surface area contributed by atoms with Crippen molar-refractivity contribution in [1.29, 1.82) is 0 Å². The summed E-state index contributed by atoms with van der Waals surface area (Å²) < 4.78 is 0. The monoisotopic (exact) mass is 256 g/mol. The van der Waals surface area contributed by atoms with Gasteiger partial charge in [-0.25, -0.2) is 0 Å². The maximum absolute atomic E-state index is 10.6. The van der Waals surface area contributed by atoms with Gasteiger partial charge in [0.1, 0.15) is 0 Å². The van der Waals surface area contributed by atoms with Crippen molar-refractivity contribution in [2.75, 3.05) is 0 Å². The lowest BCUT2D eigenvalue weighted by Gasteiger charge is -2.48. The minimum absolute atomic E-state index is 0.210. The summed E-state index contributed by atoms with van der Waals surface area (Å²) in [6.45, 7) is 2.34. The molecule has 0 aromatic rings. The second kappa shape index (κ2) is 4.01. The summed E-state index contributed by atoms with van der Waals surface area (Å²) in [5.74, 6) is 3.00. The zero-order valence-corrected chi connectivity index (χ0v) is 11.9. The molecule has 19 heavy (non-hydrogen) atoms. The van der Waals surface area contributed by atoms with Crippen LogP contribution in [0.1, 0.15) is 51.9 Å². The highest BCUT2D eigenvalue weighted by Gasteiger charge is 2.47. The standard InChI is InChI=1S/C18H24O/c1-18-9-4-7-15(18)17-14(8-10-18)13-6-3-2-5-12(13)11-16(17)19/h4,7,9,12-14,19H,2-3,5-6,8,10-11H2,1H3/t12?,13-,14+,18-/m0/s1. The highest BCUT2D eigenvalue weighted by molar-refractivity contribution is 5.51. The van der Waals surface area contributed by atoms with Gasteiger partial charge in [-0.3, -0.25) is 0 Å². The van der Waals surface area contributed by atoms with Gasteiger partial charge in [-0.05, 0) is 54.6 Å². The van der Waals surface area contributed by atoms with Gasteiger partial charge >= 0.3 is 0 Å². The molecule has 0 heterocycles. The van der Waals surface area contributed by atoms with Gasteiger partial charge in [0.15, 0.2) is 0 Å². The lowest BCUT2D eigenvalue weighted by Crippen LogP contribution is -2.39. The number of hydrogen-bond acceptors (Lipinski definition) is 1. The van der Waals surface area contributed by atoms with E-state index in [2.05, 4.69) is 25.2 Å². The zero-order chi connectivity index (χ0) is 13.0. The summed E-state index contributed by atoms with van der Waals surface area (Å²) in [7, 11) is 0. The second-order valence-corrected chi connectivity index (χ2v) is 7.27. The van der Waals surface area contributed by atoms with Crippen LogP contribution in [0, 0.1) is 23.2 Å². The number of aliphatic hydroxyl groups excluding tert-OH is 1. The maximum Gasteiger partial charge on any atom is 0.0963 e. The fraction of sp³-hybridized carbons (Fsp3) is 0.667. The number of fused-ring (bicyclic) bond motifs is 5. The summed E-state index contributed by atoms with van der Waals surface area (Å²) in [5.41, 5.74) is 2.99. The Hall–Kier alpha value is -0.980. The van der Waals surface area contributed by atoms with E-state index in [9.17, 15) is 5.11 Å². The van der Waals surface area contributed by atoms with Crippen molar-refractivity contribution in [2.24, 2.45) is 23.2 Å². The maximum atomic E-state index is 10.6. The molecule has 4 aliphatic rings. The molecule has 4 atom stereocenters. The Kier molecular flexibility index (Phi) is 2.49. The predicted octanol–water partition coefficient (Wildman–Crippen LogP) is 4.92. The first-order valence-electron chi connectivity index (χ1n) is 8.01. The number of aliphatic hydroxyl groups is 1. The van der Waals surface area contributed by atoms with Gasteiger partial charge in [0, 0.05) is 11.8 Å². The van der Waals surface area contributed by atoms with Crippen molar-refractivity contribution in [3.8, 4) is 0 Å². The molecule has 1 heteroatoms. The quantitative estimate of drug-likeness (QED) is 0.652. The summed E-state index contributed by atoms with van der Waals surface area (Å²) >= 11 is 0. The summed E-state index contributed by atoms with van der Waals surface area (Å²) in [4.78, 5) is 0. The molecule has 0 aromatic heterocycles. The molecule has 4 aliphatic carbocycles. The molecular weight excluding hydrogens is 232 g/mol. The van der Waals surface area contributed by atoms with Gasteiger partial charge in [0.2, 0.25) is 0 Å². The molecule has 0 amide bonds. The molecule has 1 unspecified atom stereocenters. The van der Waals surface area contributed by atoms with Crippen LogP contribution in [-0.4, -0.2) is 5.11 Å². The molecule has 102 valence electrons. The van der Waals surface area contributed by atoms with Crippen LogP contribution in [0.4, 0.5) is 0 Å². The molecule has 0 bridgehead atoms. The third-order valence-electron chi connectivity index (χ3n) is 6.23. The van der Waals surface area contributed by atoms with E-state index in [1.165, 1.54) is 49.7 Å². The lowest BCUT2D eigenvalue weighted by molar-refractivity contribution is 0.116. The first kappa shape index (κ1) is 11.8. The van der Waals surface area contributed by atoms with E-state index in [1.807, 2.05) is 0 Å². The van der Waals surface area contributed by atoms with Crippen molar-refractivity contribution in [2.45, 2.75) is 51.9 Å². The van der Waals surface area contributed by atoms with Crippen LogP contribution in [0.25, 0.3) is 0 Å². The predicted molar refractivity (Wildman–Crippen MR) is 77.8 cm³/mol. The first-order chi connectivity index (χ1) is 9.19. The number of rotatable bonds is 0. The lowest BCUT2D eigenvalue weighted by atomic mass is 9.56. The molecule has 4 rings (SSSR count). The van der Waals surface area contributed by atoms with E-state index < -0.39 is 0 Å². The molecule has 0 saturated heterocycles. The van der Waals surface area contributed by atoms with Gasteiger partial charge < -0.3 is 5.11 Å². The average Bonchev–Trinajstić information content (AvgIpc) is 2.80. The highest BCUT2D eigenvalue weighted by Crippen LogP contribution is 2.58. The molecule has 1 N–H and O–H groups in total. The van der Waals surface area contributed by atoms with Crippen molar-refractivity contribution in [1.82, 2.24) is 0 Å². The molecule has 0 radical (unpaired) electrons. The molecule has 2 saturated carbocycles. The van der Waals surface area contributed by atoms with Crippen molar-refractivity contribution in [3.05, 3.63) is 35.1 Å². The van der Waals surface area contributed by atoms with Gasteiger partial charge in [-0.15, -0.1) is 0 Å². The number of allylic oxidation sites excluding steroid dienone is 6. The third-order valence-corrected chi connectivity index (χ3v) is 6.23. The first-order valence-corrected chi connectivity index (χ1v) is 8.01. The van der Waals surface area contributed by atoms with E-state index >= 15 is 0 Å². The Morgan fingerprint density at radius 1 is 1.21 bits per heavy atom. The van der Waals surface area contributed by atoms with Crippen LogP contribution < -0.4 is 0 Å². The van der Waals surface area contributed by atoms with Crippen LogP contribution in [0.2, 0.25) is 0 Å². The van der Waals surface area contributed by atoms with Gasteiger partial charge in [-0.2, -0.15) is 0 Å². The average molecular weight is 256 g/mol. The topological polar surface area (TPSA) is 20.2 Å².